The number of para-hydroxylation sites is 2. The first-order valence-electron chi connectivity index (χ1n) is 5.14. The van der Waals surface area contributed by atoms with E-state index in [1.165, 1.54) is 16.7 Å². The minimum Gasteiger partial charge on any atom is -0.504 e. The number of rotatable bonds is 3. The summed E-state index contributed by atoms with van der Waals surface area (Å²) in [5, 5.41) is 20.4. The third kappa shape index (κ3) is 1.97. The Morgan fingerprint density at radius 3 is 2.72 bits per heavy atom. The predicted octanol–water partition coefficient (Wildman–Crippen LogP) is 2.13. The molecule has 0 aliphatic carbocycles. The van der Waals surface area contributed by atoms with Crippen molar-refractivity contribution in [3.8, 4) is 17.4 Å². The fourth-order valence-corrected chi connectivity index (χ4v) is 1.45. The minimum atomic E-state index is -0.623. The minimum absolute atomic E-state index is 0.0148. The van der Waals surface area contributed by atoms with Crippen LogP contribution < -0.4 is 4.74 Å². The molecule has 0 amide bonds. The molecule has 1 aromatic carbocycles. The third-order valence-corrected chi connectivity index (χ3v) is 2.49. The number of benzene rings is 1. The van der Waals surface area contributed by atoms with Crippen molar-refractivity contribution < 1.29 is 14.8 Å². The van der Waals surface area contributed by atoms with Crippen LogP contribution in [0, 0.1) is 17.0 Å². The number of nitrogens with zero attached hydrogens (tertiary/aromatic N) is 3. The first kappa shape index (κ1) is 11.9. The van der Waals surface area contributed by atoms with Crippen molar-refractivity contribution in [2.75, 3.05) is 0 Å². The van der Waals surface area contributed by atoms with Gasteiger partial charge in [-0.1, -0.05) is 12.1 Å². The predicted molar refractivity (Wildman–Crippen MR) is 62.8 cm³/mol. The summed E-state index contributed by atoms with van der Waals surface area (Å²) >= 11 is 0. The van der Waals surface area contributed by atoms with Crippen molar-refractivity contribution in [3.05, 3.63) is 40.2 Å². The van der Waals surface area contributed by atoms with E-state index in [1.807, 2.05) is 0 Å². The van der Waals surface area contributed by atoms with Crippen LogP contribution in [0.1, 0.15) is 5.82 Å². The van der Waals surface area contributed by atoms with Crippen molar-refractivity contribution >= 4 is 5.82 Å². The van der Waals surface area contributed by atoms with E-state index in [0.717, 1.165) is 0 Å². The molecule has 2 rings (SSSR count). The Balaban J connectivity index is 2.46. The summed E-state index contributed by atoms with van der Waals surface area (Å²) in [6, 6.07) is 6.24. The molecule has 18 heavy (non-hydrogen) atoms. The number of hydrogen-bond donors (Lipinski definition) is 1. The van der Waals surface area contributed by atoms with Gasteiger partial charge in [-0.3, -0.25) is 4.57 Å². The summed E-state index contributed by atoms with van der Waals surface area (Å²) < 4.78 is 6.81. The molecule has 0 bridgehead atoms. The zero-order valence-electron chi connectivity index (χ0n) is 9.82. The Morgan fingerprint density at radius 2 is 2.11 bits per heavy atom. The molecule has 7 nitrogen and oxygen atoms in total. The molecule has 1 heterocycles. The standard InChI is InChI=1S/C11H11N3O4/c1-7-12-10(14(16)17)11(13(7)2)18-9-6-4-3-5-8(9)15/h3-6,15H,1-2H3. The van der Waals surface area contributed by atoms with Gasteiger partial charge in [-0.2, -0.15) is 0 Å². The number of aryl methyl sites for hydroxylation is 1. The second-order valence-electron chi connectivity index (χ2n) is 3.67. The normalized spacial score (nSPS) is 10.3. The molecule has 0 saturated heterocycles. The van der Waals surface area contributed by atoms with Gasteiger partial charge in [-0.25, -0.2) is 0 Å². The van der Waals surface area contributed by atoms with Gasteiger partial charge in [0.25, 0.3) is 0 Å². The summed E-state index contributed by atoms with van der Waals surface area (Å²) in [4.78, 5) is 14.0. The topological polar surface area (TPSA) is 90.4 Å². The molecule has 0 unspecified atom stereocenters. The highest BCUT2D eigenvalue weighted by Crippen LogP contribution is 2.35. The zero-order valence-corrected chi connectivity index (χ0v) is 9.82. The summed E-state index contributed by atoms with van der Waals surface area (Å²) in [6.45, 7) is 1.63. The fraction of sp³-hybridized carbons (Fsp3) is 0.182. The van der Waals surface area contributed by atoms with Gasteiger partial charge in [-0.05, 0) is 22.0 Å². The van der Waals surface area contributed by atoms with E-state index >= 15 is 0 Å². The van der Waals surface area contributed by atoms with Crippen LogP contribution in [0.5, 0.6) is 17.4 Å². The molecule has 0 saturated carbocycles. The molecule has 7 heteroatoms. The summed E-state index contributed by atoms with van der Waals surface area (Å²) in [5.74, 6) is 0.110. The Hall–Kier alpha value is -2.57. The van der Waals surface area contributed by atoms with Crippen molar-refractivity contribution in [2.45, 2.75) is 6.92 Å². The van der Waals surface area contributed by atoms with Gasteiger partial charge in [0, 0.05) is 14.0 Å². The van der Waals surface area contributed by atoms with Gasteiger partial charge >= 0.3 is 11.7 Å². The van der Waals surface area contributed by atoms with E-state index in [-0.39, 0.29) is 23.2 Å². The number of aromatic nitrogens is 2. The molecule has 1 aromatic heterocycles. The molecule has 0 spiro atoms. The van der Waals surface area contributed by atoms with Gasteiger partial charge in [-0.15, -0.1) is 0 Å². The SMILES string of the molecule is Cc1nc([N+](=O)[O-])c(Oc2ccccc2O)n1C. The van der Waals surface area contributed by atoms with Crippen LogP contribution >= 0.6 is 0 Å². The van der Waals surface area contributed by atoms with Gasteiger partial charge in [0.1, 0.15) is 0 Å². The smallest absolute Gasteiger partial charge is 0.427 e. The highest BCUT2D eigenvalue weighted by molar-refractivity contribution is 5.45. The Labute approximate surface area is 102 Å². The maximum absolute atomic E-state index is 10.8. The van der Waals surface area contributed by atoms with Gasteiger partial charge in [0.05, 0.1) is 0 Å². The lowest BCUT2D eigenvalue weighted by Gasteiger charge is -2.06. The van der Waals surface area contributed by atoms with Gasteiger partial charge in [0.2, 0.25) is 5.82 Å². The maximum atomic E-state index is 10.8. The van der Waals surface area contributed by atoms with Gasteiger partial charge in [0.15, 0.2) is 11.5 Å². The first-order chi connectivity index (χ1) is 8.50. The number of aromatic hydroxyl groups is 1. The highest BCUT2D eigenvalue weighted by Gasteiger charge is 2.26. The van der Waals surface area contributed by atoms with Crippen LogP contribution in [0.3, 0.4) is 0 Å². The second-order valence-corrected chi connectivity index (χ2v) is 3.67. The molecular formula is C11H11N3O4. The van der Waals surface area contributed by atoms with Gasteiger partial charge < -0.3 is 20.0 Å². The lowest BCUT2D eigenvalue weighted by Crippen LogP contribution is -1.97. The van der Waals surface area contributed by atoms with Crippen molar-refractivity contribution in [1.82, 2.24) is 9.55 Å². The second kappa shape index (κ2) is 4.36. The Bertz CT molecular complexity index is 606. The lowest BCUT2D eigenvalue weighted by atomic mass is 10.3. The number of phenols is 1. The van der Waals surface area contributed by atoms with E-state index in [0.29, 0.717) is 5.82 Å². The Morgan fingerprint density at radius 1 is 1.44 bits per heavy atom. The zero-order chi connectivity index (χ0) is 13.3. The monoisotopic (exact) mass is 249 g/mol. The van der Waals surface area contributed by atoms with E-state index in [1.54, 1.807) is 26.1 Å². The largest absolute Gasteiger partial charge is 0.504 e. The average molecular weight is 249 g/mol. The summed E-state index contributed by atoms with van der Waals surface area (Å²) in [7, 11) is 1.60. The van der Waals surface area contributed by atoms with Crippen LogP contribution in [0.25, 0.3) is 0 Å². The maximum Gasteiger partial charge on any atom is 0.427 e. The van der Waals surface area contributed by atoms with Crippen molar-refractivity contribution in [2.24, 2.45) is 7.05 Å². The molecule has 0 aliphatic rings. The lowest BCUT2D eigenvalue weighted by molar-refractivity contribution is -0.390. The van der Waals surface area contributed by atoms with E-state index < -0.39 is 4.92 Å². The van der Waals surface area contributed by atoms with E-state index in [9.17, 15) is 15.2 Å². The first-order valence-corrected chi connectivity index (χ1v) is 5.14. The van der Waals surface area contributed by atoms with Crippen LogP contribution in [-0.2, 0) is 7.05 Å². The molecule has 2 aromatic rings. The number of imidazole rings is 1. The molecule has 0 radical (unpaired) electrons. The molecule has 0 fully saturated rings. The number of nitro groups is 1. The Kier molecular flexibility index (Phi) is 2.88. The molecule has 1 N–H and O–H groups in total. The average Bonchev–Trinajstić information content (AvgIpc) is 2.60. The number of phenolic OH excluding ortho intramolecular Hbond substituents is 1. The summed E-state index contributed by atoms with van der Waals surface area (Å²) in [5.41, 5.74) is 0. The molecule has 94 valence electrons. The fourth-order valence-electron chi connectivity index (χ4n) is 1.45. The molecule has 0 aliphatic heterocycles. The summed E-state index contributed by atoms with van der Waals surface area (Å²) in [6.07, 6.45) is 0. The van der Waals surface area contributed by atoms with Crippen molar-refractivity contribution in [1.29, 1.82) is 0 Å². The molecular weight excluding hydrogens is 238 g/mol. The number of ether oxygens (including phenoxy) is 1. The highest BCUT2D eigenvalue weighted by atomic mass is 16.6. The van der Waals surface area contributed by atoms with Crippen LogP contribution in [0.2, 0.25) is 0 Å². The van der Waals surface area contributed by atoms with E-state index in [2.05, 4.69) is 4.98 Å². The van der Waals surface area contributed by atoms with Crippen LogP contribution in [-0.4, -0.2) is 19.6 Å². The van der Waals surface area contributed by atoms with Crippen LogP contribution in [0.4, 0.5) is 5.82 Å². The van der Waals surface area contributed by atoms with Crippen molar-refractivity contribution in [3.63, 3.8) is 0 Å². The quantitative estimate of drug-likeness (QED) is 0.664. The third-order valence-electron chi connectivity index (χ3n) is 2.49. The number of hydrogen-bond acceptors (Lipinski definition) is 5. The van der Waals surface area contributed by atoms with E-state index in [4.69, 9.17) is 4.74 Å². The van der Waals surface area contributed by atoms with Crippen LogP contribution in [0.15, 0.2) is 24.3 Å². The molecule has 0 atom stereocenters.